The van der Waals surface area contributed by atoms with Crippen LogP contribution in [0.25, 0.3) is 0 Å². The van der Waals surface area contributed by atoms with Gasteiger partial charge in [0.25, 0.3) is 5.91 Å². The van der Waals surface area contributed by atoms with Crippen LogP contribution >= 0.6 is 0 Å². The quantitative estimate of drug-likeness (QED) is 0.735. The van der Waals surface area contributed by atoms with Crippen LogP contribution in [0.5, 0.6) is 5.75 Å². The number of ether oxygens (including phenoxy) is 1. The van der Waals surface area contributed by atoms with Gasteiger partial charge in [-0.15, -0.1) is 0 Å². The third-order valence-corrected chi connectivity index (χ3v) is 8.32. The molecule has 0 spiro atoms. The topological polar surface area (TPSA) is 92.7 Å². The van der Waals surface area contributed by atoms with Gasteiger partial charge in [-0.1, -0.05) is 12.1 Å². The van der Waals surface area contributed by atoms with Gasteiger partial charge >= 0.3 is 0 Å². The summed E-state index contributed by atoms with van der Waals surface area (Å²) >= 11 is 0. The summed E-state index contributed by atoms with van der Waals surface area (Å²) in [7, 11) is -1.83. The van der Waals surface area contributed by atoms with Gasteiger partial charge in [0, 0.05) is 32.4 Å². The van der Waals surface area contributed by atoms with Crippen molar-refractivity contribution in [2.45, 2.75) is 31.6 Å². The van der Waals surface area contributed by atoms with Crippen LogP contribution in [0.2, 0.25) is 0 Å². The molecule has 8 nitrogen and oxygen atoms in total. The number of hydrogen-bond donors (Lipinski definition) is 0. The molecule has 1 aromatic heterocycles. The Morgan fingerprint density at radius 2 is 2.00 bits per heavy atom. The summed E-state index contributed by atoms with van der Waals surface area (Å²) in [5.74, 6) is 0.544. The van der Waals surface area contributed by atoms with Crippen LogP contribution in [0, 0.1) is 12.8 Å². The number of aromatic nitrogens is 2. The number of benzene rings is 1. The first-order valence-electron chi connectivity index (χ1n) is 10.1. The monoisotopic (exact) mass is 430 g/mol. The summed E-state index contributed by atoms with van der Waals surface area (Å²) in [6, 6.07) is 7.49. The molecular weight excluding hydrogens is 404 g/mol. The van der Waals surface area contributed by atoms with Gasteiger partial charge in [0.15, 0.2) is 0 Å². The summed E-state index contributed by atoms with van der Waals surface area (Å²) in [5.41, 5.74) is 1.96. The predicted molar refractivity (Wildman–Crippen MR) is 112 cm³/mol. The normalized spacial score (nSPS) is 23.6. The number of sulfonamides is 1. The van der Waals surface area contributed by atoms with Gasteiger partial charge < -0.3 is 9.64 Å². The molecule has 0 bridgehead atoms. The fourth-order valence-corrected chi connectivity index (χ4v) is 6.52. The Bertz CT molecular complexity index is 1030. The number of methoxy groups -OCH3 is 1. The lowest BCUT2D eigenvalue weighted by atomic mass is 10.0. The number of carbonyl (C=O) groups excluding carboxylic acids is 1. The van der Waals surface area contributed by atoms with E-state index in [1.54, 1.807) is 22.5 Å². The fraction of sp³-hybridized carbons (Fsp3) is 0.476. The first-order chi connectivity index (χ1) is 14.4. The van der Waals surface area contributed by atoms with E-state index in [1.807, 2.05) is 31.2 Å². The van der Waals surface area contributed by atoms with E-state index in [2.05, 4.69) is 9.97 Å². The second-order valence-corrected chi connectivity index (χ2v) is 10.1. The average molecular weight is 431 g/mol. The van der Waals surface area contributed by atoms with Crippen LogP contribution in [0.3, 0.4) is 0 Å². The van der Waals surface area contributed by atoms with Gasteiger partial charge in [-0.2, -0.15) is 4.31 Å². The number of amides is 1. The number of carbonyl (C=O) groups is 1. The molecule has 0 radical (unpaired) electrons. The molecule has 3 heterocycles. The third kappa shape index (κ3) is 4.04. The molecule has 1 aromatic carbocycles. The molecule has 9 heteroatoms. The summed E-state index contributed by atoms with van der Waals surface area (Å²) in [4.78, 5) is 22.8. The molecule has 0 saturated carbocycles. The number of hydrogen-bond acceptors (Lipinski definition) is 6. The number of likely N-dealkylation sites (tertiary alicyclic amines) is 1. The van der Waals surface area contributed by atoms with Crippen LogP contribution in [0.15, 0.2) is 36.7 Å². The maximum Gasteiger partial charge on any atom is 0.274 e. The van der Waals surface area contributed by atoms with Crippen molar-refractivity contribution in [2.75, 3.05) is 26.7 Å². The molecule has 0 unspecified atom stereocenters. The fourth-order valence-electron chi connectivity index (χ4n) is 4.29. The number of aryl methyl sites for hydroxylation is 1. The van der Waals surface area contributed by atoms with Crippen LogP contribution in [-0.4, -0.2) is 65.5 Å². The Morgan fingerprint density at radius 1 is 1.20 bits per heavy atom. The molecule has 0 N–H and O–H groups in total. The predicted octanol–water partition coefficient (Wildman–Crippen LogP) is 1.86. The zero-order chi connectivity index (χ0) is 21.3. The number of fused-ring (bicyclic) bond motifs is 1. The molecule has 2 fully saturated rings. The Hall–Kier alpha value is -2.52. The lowest BCUT2D eigenvalue weighted by Gasteiger charge is -2.22. The van der Waals surface area contributed by atoms with Crippen LogP contribution in [0.1, 0.15) is 34.6 Å². The van der Waals surface area contributed by atoms with Gasteiger partial charge in [-0.25, -0.2) is 13.4 Å². The highest BCUT2D eigenvalue weighted by Crippen LogP contribution is 2.35. The van der Waals surface area contributed by atoms with Gasteiger partial charge in [0.05, 0.1) is 24.3 Å². The molecule has 0 aliphatic carbocycles. The van der Waals surface area contributed by atoms with E-state index in [1.165, 1.54) is 6.20 Å². The average Bonchev–Trinajstić information content (AvgIpc) is 2.88. The summed E-state index contributed by atoms with van der Waals surface area (Å²) in [6.07, 6.45) is 4.15. The van der Waals surface area contributed by atoms with E-state index < -0.39 is 15.3 Å². The lowest BCUT2D eigenvalue weighted by Crippen LogP contribution is -2.35. The SMILES string of the molecule is COc1cccc(CN2C[C@H]3CCN(C(=O)c4cnc(C)cn4)CC[C@H]3S2(=O)=O)c1. The second-order valence-electron chi connectivity index (χ2n) is 7.90. The van der Waals surface area contributed by atoms with Crippen molar-refractivity contribution in [3.8, 4) is 5.75 Å². The molecule has 2 aromatic rings. The molecule has 2 aliphatic rings. The van der Waals surface area contributed by atoms with Crippen molar-refractivity contribution in [1.29, 1.82) is 0 Å². The highest BCUT2D eigenvalue weighted by atomic mass is 32.2. The van der Waals surface area contributed by atoms with Crippen molar-refractivity contribution >= 4 is 15.9 Å². The van der Waals surface area contributed by atoms with E-state index in [4.69, 9.17) is 4.74 Å². The van der Waals surface area contributed by atoms with E-state index in [0.717, 1.165) is 11.3 Å². The molecule has 2 aliphatic heterocycles. The summed E-state index contributed by atoms with van der Waals surface area (Å²) in [6.45, 7) is 3.57. The zero-order valence-corrected chi connectivity index (χ0v) is 18.0. The highest BCUT2D eigenvalue weighted by molar-refractivity contribution is 7.90. The van der Waals surface area contributed by atoms with E-state index in [0.29, 0.717) is 50.5 Å². The van der Waals surface area contributed by atoms with Gasteiger partial charge in [-0.3, -0.25) is 9.78 Å². The number of nitrogens with zero attached hydrogens (tertiary/aromatic N) is 4. The van der Waals surface area contributed by atoms with Gasteiger partial charge in [0.1, 0.15) is 11.4 Å². The Morgan fingerprint density at radius 3 is 2.73 bits per heavy atom. The van der Waals surface area contributed by atoms with Crippen LogP contribution < -0.4 is 4.74 Å². The minimum atomic E-state index is -3.42. The van der Waals surface area contributed by atoms with Gasteiger partial charge in [0.2, 0.25) is 10.0 Å². The Labute approximate surface area is 176 Å². The van der Waals surface area contributed by atoms with Crippen LogP contribution in [0.4, 0.5) is 0 Å². The molecule has 4 rings (SSSR count). The molecular formula is C21H26N4O4S. The smallest absolute Gasteiger partial charge is 0.274 e. The first-order valence-corrected chi connectivity index (χ1v) is 11.6. The van der Waals surface area contributed by atoms with Crippen molar-refractivity contribution in [1.82, 2.24) is 19.2 Å². The molecule has 1 amide bonds. The van der Waals surface area contributed by atoms with E-state index in [9.17, 15) is 13.2 Å². The maximum atomic E-state index is 13.2. The maximum absolute atomic E-state index is 13.2. The third-order valence-electron chi connectivity index (χ3n) is 5.94. The minimum Gasteiger partial charge on any atom is -0.497 e. The van der Waals surface area contributed by atoms with Gasteiger partial charge in [-0.05, 0) is 43.4 Å². The number of rotatable bonds is 4. The zero-order valence-electron chi connectivity index (χ0n) is 17.2. The van der Waals surface area contributed by atoms with Crippen molar-refractivity contribution in [2.24, 2.45) is 5.92 Å². The largest absolute Gasteiger partial charge is 0.497 e. The highest BCUT2D eigenvalue weighted by Gasteiger charge is 2.47. The second kappa shape index (κ2) is 8.31. The Balaban J connectivity index is 1.45. The van der Waals surface area contributed by atoms with E-state index in [-0.39, 0.29) is 11.8 Å². The minimum absolute atomic E-state index is 0.0162. The lowest BCUT2D eigenvalue weighted by molar-refractivity contribution is 0.0752. The van der Waals surface area contributed by atoms with Crippen molar-refractivity contribution < 1.29 is 17.9 Å². The van der Waals surface area contributed by atoms with Crippen molar-refractivity contribution in [3.05, 3.63) is 53.6 Å². The molecule has 30 heavy (non-hydrogen) atoms. The van der Waals surface area contributed by atoms with E-state index >= 15 is 0 Å². The molecule has 2 saturated heterocycles. The van der Waals surface area contributed by atoms with Crippen LogP contribution in [-0.2, 0) is 16.6 Å². The van der Waals surface area contributed by atoms with Crippen molar-refractivity contribution in [3.63, 3.8) is 0 Å². The summed E-state index contributed by atoms with van der Waals surface area (Å²) < 4.78 is 33.2. The Kier molecular flexibility index (Phi) is 5.75. The first kappa shape index (κ1) is 20.7. The molecule has 2 atom stereocenters. The summed E-state index contributed by atoms with van der Waals surface area (Å²) in [5, 5.41) is -0.454. The standard InChI is InChI=1S/C21H26N4O4S/c1-15-11-23-19(12-22-15)21(26)24-8-6-17-14-25(30(27,28)20(17)7-9-24)13-16-4-3-5-18(10-16)29-2/h3-5,10-12,17,20H,6-9,13-14H2,1-2H3/t17-,20-/m1/s1. The molecule has 160 valence electrons.